The normalized spacial score (nSPS) is 11.1. The molecule has 1 heterocycles. The van der Waals surface area contributed by atoms with Crippen molar-refractivity contribution in [2.24, 2.45) is 5.73 Å². The van der Waals surface area contributed by atoms with Crippen LogP contribution in [-0.4, -0.2) is 16.7 Å². The maximum Gasteiger partial charge on any atom is 0.413 e. The van der Waals surface area contributed by atoms with E-state index in [9.17, 15) is 4.79 Å². The van der Waals surface area contributed by atoms with Gasteiger partial charge in [-0.15, -0.1) is 0 Å². The van der Waals surface area contributed by atoms with Gasteiger partial charge >= 0.3 is 6.09 Å². The van der Waals surface area contributed by atoms with Gasteiger partial charge < -0.3 is 10.5 Å². The summed E-state index contributed by atoms with van der Waals surface area (Å²) in [6.07, 6.45) is 1.10. The van der Waals surface area contributed by atoms with Crippen molar-refractivity contribution >= 4 is 11.9 Å². The molecular formula is C12H19N3O2. The Bertz CT molecular complexity index is 411. The summed E-state index contributed by atoms with van der Waals surface area (Å²) in [7, 11) is 0. The van der Waals surface area contributed by atoms with Gasteiger partial charge in [-0.3, -0.25) is 5.32 Å². The topological polar surface area (TPSA) is 77.2 Å². The fraction of sp³-hybridized carbons (Fsp3) is 0.500. The first kappa shape index (κ1) is 13.4. The Hall–Kier alpha value is -1.62. The van der Waals surface area contributed by atoms with Crippen LogP contribution in [0.1, 0.15) is 31.9 Å². The first-order valence-corrected chi connectivity index (χ1v) is 5.48. The van der Waals surface area contributed by atoms with Gasteiger partial charge in [-0.25, -0.2) is 9.78 Å². The predicted octanol–water partition coefficient (Wildman–Crippen LogP) is 2.20. The van der Waals surface area contributed by atoms with Gasteiger partial charge in [0.25, 0.3) is 0 Å². The quantitative estimate of drug-likeness (QED) is 0.826. The van der Waals surface area contributed by atoms with Gasteiger partial charge in [0.1, 0.15) is 11.4 Å². The second-order valence-corrected chi connectivity index (χ2v) is 4.77. The lowest BCUT2D eigenvalue weighted by molar-refractivity contribution is 0.0635. The Morgan fingerprint density at radius 2 is 2.18 bits per heavy atom. The van der Waals surface area contributed by atoms with Crippen molar-refractivity contribution in [1.82, 2.24) is 4.98 Å². The van der Waals surface area contributed by atoms with E-state index in [1.54, 1.807) is 6.20 Å². The average Bonchev–Trinajstić information content (AvgIpc) is 2.18. The molecule has 0 radical (unpaired) electrons. The summed E-state index contributed by atoms with van der Waals surface area (Å²) < 4.78 is 5.15. The van der Waals surface area contributed by atoms with Crippen LogP contribution in [0.25, 0.3) is 0 Å². The molecule has 94 valence electrons. The van der Waals surface area contributed by atoms with E-state index in [0.29, 0.717) is 12.4 Å². The molecule has 0 unspecified atom stereocenters. The monoisotopic (exact) mass is 237 g/mol. The highest BCUT2D eigenvalue weighted by atomic mass is 16.6. The minimum atomic E-state index is -0.524. The highest BCUT2D eigenvalue weighted by molar-refractivity contribution is 5.84. The number of rotatable bonds is 2. The lowest BCUT2D eigenvalue weighted by Gasteiger charge is -2.20. The maximum atomic E-state index is 11.6. The predicted molar refractivity (Wildman–Crippen MR) is 66.7 cm³/mol. The van der Waals surface area contributed by atoms with Gasteiger partial charge in [0.15, 0.2) is 0 Å². The molecule has 0 saturated carbocycles. The van der Waals surface area contributed by atoms with Crippen LogP contribution in [0.15, 0.2) is 12.3 Å². The molecule has 1 amide bonds. The van der Waals surface area contributed by atoms with E-state index in [1.165, 1.54) is 0 Å². The van der Waals surface area contributed by atoms with Crippen molar-refractivity contribution in [2.75, 3.05) is 5.32 Å². The number of pyridine rings is 1. The molecule has 0 saturated heterocycles. The first-order chi connectivity index (χ1) is 7.83. The largest absolute Gasteiger partial charge is 0.444 e. The molecule has 0 spiro atoms. The third-order valence-electron chi connectivity index (χ3n) is 2.16. The fourth-order valence-electron chi connectivity index (χ4n) is 1.32. The molecule has 0 fully saturated rings. The average molecular weight is 237 g/mol. The van der Waals surface area contributed by atoms with Gasteiger partial charge in [-0.05, 0) is 44.9 Å². The minimum Gasteiger partial charge on any atom is -0.444 e. The summed E-state index contributed by atoms with van der Waals surface area (Å²) >= 11 is 0. The Balaban J connectivity index is 2.79. The second kappa shape index (κ2) is 5.14. The van der Waals surface area contributed by atoms with Crippen LogP contribution in [0.3, 0.4) is 0 Å². The molecule has 17 heavy (non-hydrogen) atoms. The van der Waals surface area contributed by atoms with Crippen LogP contribution in [0, 0.1) is 6.92 Å². The lowest BCUT2D eigenvalue weighted by atomic mass is 10.1. The van der Waals surface area contributed by atoms with Gasteiger partial charge in [0, 0.05) is 12.7 Å². The van der Waals surface area contributed by atoms with Crippen LogP contribution in [0.4, 0.5) is 10.6 Å². The van der Waals surface area contributed by atoms with Gasteiger partial charge in [0.05, 0.1) is 0 Å². The third-order valence-corrected chi connectivity index (χ3v) is 2.16. The summed E-state index contributed by atoms with van der Waals surface area (Å²) in [5, 5.41) is 2.61. The van der Waals surface area contributed by atoms with E-state index >= 15 is 0 Å². The Labute approximate surface area is 101 Å². The number of carbonyl (C=O) groups excluding carboxylic acids is 1. The van der Waals surface area contributed by atoms with Crippen molar-refractivity contribution < 1.29 is 9.53 Å². The third kappa shape index (κ3) is 4.03. The summed E-state index contributed by atoms with van der Waals surface area (Å²) in [5.74, 6) is 0.488. The number of nitrogens with zero attached hydrogens (tertiary/aromatic N) is 1. The summed E-state index contributed by atoms with van der Waals surface area (Å²) in [6, 6.07) is 1.83. The zero-order chi connectivity index (χ0) is 13.1. The number of nitrogens with one attached hydrogen (secondary N) is 1. The van der Waals surface area contributed by atoms with Gasteiger partial charge in [-0.2, -0.15) is 0 Å². The van der Waals surface area contributed by atoms with Crippen molar-refractivity contribution in [1.29, 1.82) is 0 Å². The van der Waals surface area contributed by atoms with E-state index < -0.39 is 11.7 Å². The molecule has 0 atom stereocenters. The van der Waals surface area contributed by atoms with E-state index in [0.717, 1.165) is 11.1 Å². The lowest BCUT2D eigenvalue weighted by Crippen LogP contribution is -2.27. The van der Waals surface area contributed by atoms with Crippen molar-refractivity contribution in [2.45, 2.75) is 39.8 Å². The second-order valence-electron chi connectivity index (χ2n) is 4.77. The molecule has 0 aliphatic carbocycles. The molecule has 1 rings (SSSR count). The number of anilines is 1. The van der Waals surface area contributed by atoms with E-state index in [2.05, 4.69) is 10.3 Å². The molecule has 3 N–H and O–H groups in total. The summed E-state index contributed by atoms with van der Waals surface area (Å²) in [5.41, 5.74) is 6.87. The number of amides is 1. The fourth-order valence-corrected chi connectivity index (χ4v) is 1.32. The molecule has 5 heteroatoms. The van der Waals surface area contributed by atoms with Crippen LogP contribution in [0.5, 0.6) is 0 Å². The number of nitrogens with two attached hydrogens (primary N) is 1. The number of ether oxygens (including phenoxy) is 1. The maximum absolute atomic E-state index is 11.6. The summed E-state index contributed by atoms with van der Waals surface area (Å²) in [6.45, 7) is 7.70. The number of hydrogen-bond donors (Lipinski definition) is 2. The molecule has 1 aromatic rings. The molecule has 0 bridgehead atoms. The van der Waals surface area contributed by atoms with Crippen LogP contribution in [0.2, 0.25) is 0 Å². The van der Waals surface area contributed by atoms with Crippen LogP contribution >= 0.6 is 0 Å². The highest BCUT2D eigenvalue weighted by Crippen LogP contribution is 2.16. The molecule has 1 aromatic heterocycles. The van der Waals surface area contributed by atoms with Crippen molar-refractivity contribution in [3.05, 3.63) is 23.4 Å². The molecule has 0 aromatic carbocycles. The zero-order valence-electron chi connectivity index (χ0n) is 10.7. The van der Waals surface area contributed by atoms with Crippen LogP contribution < -0.4 is 11.1 Å². The molecule has 0 aliphatic heterocycles. The SMILES string of the molecule is Cc1c(CN)ccnc1NC(=O)OC(C)(C)C. The smallest absolute Gasteiger partial charge is 0.413 e. The van der Waals surface area contributed by atoms with Crippen molar-refractivity contribution in [3.8, 4) is 0 Å². The first-order valence-electron chi connectivity index (χ1n) is 5.48. The molecular weight excluding hydrogens is 218 g/mol. The van der Waals surface area contributed by atoms with Gasteiger partial charge in [0.2, 0.25) is 0 Å². The Morgan fingerprint density at radius 3 is 2.71 bits per heavy atom. The molecule has 0 aliphatic rings. The van der Waals surface area contributed by atoms with E-state index in [4.69, 9.17) is 10.5 Å². The highest BCUT2D eigenvalue weighted by Gasteiger charge is 2.17. The number of aromatic nitrogens is 1. The van der Waals surface area contributed by atoms with Gasteiger partial charge in [-0.1, -0.05) is 0 Å². The minimum absolute atomic E-state index is 0.414. The standard InChI is InChI=1S/C12H19N3O2/c1-8-9(7-13)5-6-14-10(8)15-11(16)17-12(2,3)4/h5-6H,7,13H2,1-4H3,(H,14,15,16). The van der Waals surface area contributed by atoms with Crippen molar-refractivity contribution in [3.63, 3.8) is 0 Å². The summed E-state index contributed by atoms with van der Waals surface area (Å²) in [4.78, 5) is 15.7. The van der Waals surface area contributed by atoms with E-state index in [1.807, 2.05) is 33.8 Å². The molecule has 5 nitrogen and oxygen atoms in total. The zero-order valence-corrected chi connectivity index (χ0v) is 10.7. The van der Waals surface area contributed by atoms with Crippen LogP contribution in [-0.2, 0) is 11.3 Å². The van der Waals surface area contributed by atoms with E-state index in [-0.39, 0.29) is 0 Å². The Morgan fingerprint density at radius 1 is 1.53 bits per heavy atom. The number of hydrogen-bond acceptors (Lipinski definition) is 4. The Kier molecular flexibility index (Phi) is 4.07. The number of carbonyl (C=O) groups is 1.